The molecule has 4 heteroatoms. The monoisotopic (exact) mass is 277 g/mol. The third-order valence-corrected chi connectivity index (χ3v) is 2.88. The van der Waals surface area contributed by atoms with E-state index < -0.39 is 0 Å². The Kier molecular flexibility index (Phi) is 4.73. The number of carbonyl (C=O) groups excluding carboxylic acids is 1. The zero-order valence-corrected chi connectivity index (χ0v) is 11.6. The van der Waals surface area contributed by atoms with Gasteiger partial charge in [-0.3, -0.25) is 4.79 Å². The van der Waals surface area contributed by atoms with E-state index in [1.807, 2.05) is 60.7 Å². The summed E-state index contributed by atoms with van der Waals surface area (Å²) >= 11 is 0. The molecular weight excluding hydrogens is 262 g/mol. The third-order valence-electron chi connectivity index (χ3n) is 2.88. The first-order valence-electron chi connectivity index (χ1n) is 6.49. The second kappa shape index (κ2) is 6.92. The number of amides is 1. The van der Waals surface area contributed by atoms with Crippen LogP contribution < -0.4 is 10.6 Å². The average Bonchev–Trinajstić information content (AvgIpc) is 2.54. The lowest BCUT2D eigenvalue weighted by atomic mass is 10.1. The van der Waals surface area contributed by atoms with Gasteiger partial charge >= 0.3 is 0 Å². The number of nitrogens with one attached hydrogen (secondary N) is 2. The van der Waals surface area contributed by atoms with Gasteiger partial charge in [0.25, 0.3) is 5.91 Å². The normalized spacial score (nSPS) is 10.6. The first-order valence-corrected chi connectivity index (χ1v) is 6.49. The standard InChI is InChI=1S/C17H15N3O/c1-19-17(21)14(12-18)11-13-7-9-16(10-8-13)20-15-5-3-2-4-6-15/h2-11,20H,1H3,(H,19,21)/b14-11+. The number of rotatable bonds is 4. The van der Waals surface area contributed by atoms with Gasteiger partial charge in [-0.2, -0.15) is 5.26 Å². The Bertz CT molecular complexity index is 682. The van der Waals surface area contributed by atoms with Gasteiger partial charge in [-0.15, -0.1) is 0 Å². The van der Waals surface area contributed by atoms with Crippen LogP contribution in [0.4, 0.5) is 11.4 Å². The lowest BCUT2D eigenvalue weighted by molar-refractivity contribution is -0.116. The molecule has 21 heavy (non-hydrogen) atoms. The van der Waals surface area contributed by atoms with Gasteiger partial charge in [0.1, 0.15) is 11.6 Å². The number of hydrogen-bond donors (Lipinski definition) is 2. The second-order valence-electron chi connectivity index (χ2n) is 4.36. The van der Waals surface area contributed by atoms with Crippen LogP contribution in [-0.2, 0) is 4.79 Å². The van der Waals surface area contributed by atoms with Crippen LogP contribution in [-0.4, -0.2) is 13.0 Å². The summed E-state index contributed by atoms with van der Waals surface area (Å²) in [6.45, 7) is 0. The minimum atomic E-state index is -0.385. The summed E-state index contributed by atoms with van der Waals surface area (Å²) in [5.41, 5.74) is 2.83. The van der Waals surface area contributed by atoms with Crippen molar-refractivity contribution in [2.24, 2.45) is 0 Å². The molecule has 0 aliphatic carbocycles. The fourth-order valence-corrected chi connectivity index (χ4v) is 1.80. The molecule has 0 saturated heterocycles. The Hall–Kier alpha value is -3.06. The first kappa shape index (κ1) is 14.4. The van der Waals surface area contributed by atoms with E-state index in [1.165, 1.54) is 7.05 Å². The molecule has 4 nitrogen and oxygen atoms in total. The van der Waals surface area contributed by atoms with Gasteiger partial charge in [-0.1, -0.05) is 30.3 Å². The number of hydrogen-bond acceptors (Lipinski definition) is 3. The molecule has 0 bridgehead atoms. The van der Waals surface area contributed by atoms with Gasteiger partial charge in [-0.05, 0) is 35.9 Å². The van der Waals surface area contributed by atoms with Crippen molar-refractivity contribution in [3.05, 3.63) is 65.7 Å². The summed E-state index contributed by atoms with van der Waals surface area (Å²) in [6, 6.07) is 19.2. The molecule has 0 fully saturated rings. The molecular formula is C17H15N3O. The number of carbonyl (C=O) groups is 1. The van der Waals surface area contributed by atoms with Crippen molar-refractivity contribution in [3.63, 3.8) is 0 Å². The maximum atomic E-state index is 11.4. The zero-order valence-electron chi connectivity index (χ0n) is 11.6. The van der Waals surface area contributed by atoms with Crippen molar-refractivity contribution in [2.45, 2.75) is 0 Å². The molecule has 0 spiro atoms. The van der Waals surface area contributed by atoms with E-state index in [1.54, 1.807) is 6.08 Å². The molecule has 2 aromatic rings. The Morgan fingerprint density at radius 2 is 1.67 bits per heavy atom. The fourth-order valence-electron chi connectivity index (χ4n) is 1.80. The molecule has 0 aliphatic heterocycles. The minimum Gasteiger partial charge on any atom is -0.356 e. The summed E-state index contributed by atoms with van der Waals surface area (Å²) < 4.78 is 0. The van der Waals surface area contributed by atoms with E-state index in [9.17, 15) is 4.79 Å². The highest BCUT2D eigenvalue weighted by molar-refractivity contribution is 6.01. The highest BCUT2D eigenvalue weighted by atomic mass is 16.1. The summed E-state index contributed by atoms with van der Waals surface area (Å²) in [5, 5.41) is 14.7. The van der Waals surface area contributed by atoms with E-state index in [0.717, 1.165) is 16.9 Å². The summed E-state index contributed by atoms with van der Waals surface area (Å²) in [4.78, 5) is 11.4. The van der Waals surface area contributed by atoms with Gasteiger partial charge in [-0.25, -0.2) is 0 Å². The van der Waals surface area contributed by atoms with Crippen molar-refractivity contribution >= 4 is 23.4 Å². The number of nitriles is 1. The van der Waals surface area contributed by atoms with Crippen LogP contribution in [0.15, 0.2) is 60.2 Å². The lowest BCUT2D eigenvalue weighted by Gasteiger charge is -2.06. The summed E-state index contributed by atoms with van der Waals surface area (Å²) in [7, 11) is 1.50. The van der Waals surface area contributed by atoms with Gasteiger partial charge in [0, 0.05) is 18.4 Å². The molecule has 0 saturated carbocycles. The maximum absolute atomic E-state index is 11.4. The predicted octanol–water partition coefficient (Wildman–Crippen LogP) is 3.08. The SMILES string of the molecule is CNC(=O)/C(C#N)=C/c1ccc(Nc2ccccc2)cc1. The molecule has 2 rings (SSSR count). The third kappa shape index (κ3) is 3.95. The number of para-hydroxylation sites is 1. The quantitative estimate of drug-likeness (QED) is 0.666. The van der Waals surface area contributed by atoms with Crippen LogP contribution in [0.2, 0.25) is 0 Å². The average molecular weight is 277 g/mol. The number of nitrogens with zero attached hydrogens (tertiary/aromatic N) is 1. The highest BCUT2D eigenvalue weighted by Gasteiger charge is 2.05. The maximum Gasteiger partial charge on any atom is 0.261 e. The number of likely N-dealkylation sites (N-methyl/N-ethyl adjacent to an activating group) is 1. The molecule has 0 aliphatic rings. The van der Waals surface area contributed by atoms with Gasteiger partial charge in [0.05, 0.1) is 0 Å². The van der Waals surface area contributed by atoms with Crippen LogP contribution >= 0.6 is 0 Å². The van der Waals surface area contributed by atoms with Crippen molar-refractivity contribution in [2.75, 3.05) is 12.4 Å². The predicted molar refractivity (Wildman–Crippen MR) is 83.8 cm³/mol. The largest absolute Gasteiger partial charge is 0.356 e. The van der Waals surface area contributed by atoms with Crippen molar-refractivity contribution in [1.29, 1.82) is 5.26 Å². The molecule has 2 aromatic carbocycles. The topological polar surface area (TPSA) is 64.9 Å². The Morgan fingerprint density at radius 3 is 2.24 bits per heavy atom. The zero-order chi connectivity index (χ0) is 15.1. The molecule has 0 aromatic heterocycles. The first-order chi connectivity index (χ1) is 10.2. The van der Waals surface area contributed by atoms with Crippen molar-refractivity contribution < 1.29 is 4.79 Å². The minimum absolute atomic E-state index is 0.0845. The van der Waals surface area contributed by atoms with Crippen molar-refractivity contribution in [3.8, 4) is 6.07 Å². The van der Waals surface area contributed by atoms with Crippen LogP contribution in [0.5, 0.6) is 0 Å². The van der Waals surface area contributed by atoms with E-state index in [0.29, 0.717) is 0 Å². The van der Waals surface area contributed by atoms with Crippen LogP contribution in [0, 0.1) is 11.3 Å². The Labute approximate surface area is 123 Å². The van der Waals surface area contributed by atoms with E-state index in [4.69, 9.17) is 5.26 Å². The highest BCUT2D eigenvalue weighted by Crippen LogP contribution is 2.17. The van der Waals surface area contributed by atoms with Crippen LogP contribution in [0.3, 0.4) is 0 Å². The Morgan fingerprint density at radius 1 is 1.05 bits per heavy atom. The molecule has 1 amide bonds. The van der Waals surface area contributed by atoms with Crippen molar-refractivity contribution in [1.82, 2.24) is 5.32 Å². The fraction of sp³-hybridized carbons (Fsp3) is 0.0588. The second-order valence-corrected chi connectivity index (χ2v) is 4.36. The van der Waals surface area contributed by atoms with E-state index in [-0.39, 0.29) is 11.5 Å². The summed E-state index contributed by atoms with van der Waals surface area (Å²) in [5.74, 6) is -0.385. The van der Waals surface area contributed by atoms with E-state index in [2.05, 4.69) is 10.6 Å². The van der Waals surface area contributed by atoms with Crippen LogP contribution in [0.1, 0.15) is 5.56 Å². The lowest BCUT2D eigenvalue weighted by Crippen LogP contribution is -2.19. The Balaban J connectivity index is 2.14. The van der Waals surface area contributed by atoms with E-state index >= 15 is 0 Å². The molecule has 0 unspecified atom stereocenters. The smallest absolute Gasteiger partial charge is 0.261 e. The van der Waals surface area contributed by atoms with Gasteiger partial charge in [0.2, 0.25) is 0 Å². The van der Waals surface area contributed by atoms with Gasteiger partial charge in [0.15, 0.2) is 0 Å². The summed E-state index contributed by atoms with van der Waals surface area (Å²) in [6.07, 6.45) is 1.56. The number of benzene rings is 2. The number of anilines is 2. The molecule has 104 valence electrons. The molecule has 2 N–H and O–H groups in total. The molecule has 0 atom stereocenters. The molecule has 0 radical (unpaired) electrons. The molecule has 0 heterocycles. The van der Waals surface area contributed by atoms with Crippen LogP contribution in [0.25, 0.3) is 6.08 Å². The van der Waals surface area contributed by atoms with Gasteiger partial charge < -0.3 is 10.6 Å².